The van der Waals surface area contributed by atoms with Crippen molar-refractivity contribution in [2.75, 3.05) is 0 Å². The molecule has 0 aliphatic carbocycles. The molecule has 3 rings (SSSR count). The van der Waals surface area contributed by atoms with Crippen LogP contribution in [0, 0.1) is 11.6 Å². The fraction of sp³-hybridized carbons (Fsp3) is 0.450. The predicted octanol–water partition coefficient (Wildman–Crippen LogP) is 2.84. The first-order valence-electron chi connectivity index (χ1n) is 9.77. The van der Waals surface area contributed by atoms with E-state index in [1.54, 1.807) is 4.57 Å². The molecule has 156 valence electrons. The van der Waals surface area contributed by atoms with Crippen LogP contribution in [0.2, 0.25) is 0 Å². The van der Waals surface area contributed by atoms with Crippen LogP contribution in [0.5, 0.6) is 0 Å². The summed E-state index contributed by atoms with van der Waals surface area (Å²) in [6.45, 7) is 7.02. The third-order valence-corrected chi connectivity index (χ3v) is 5.03. The molecule has 9 heteroatoms. The van der Waals surface area contributed by atoms with Gasteiger partial charge < -0.3 is 9.88 Å². The van der Waals surface area contributed by atoms with Gasteiger partial charge in [-0.15, -0.1) is 0 Å². The SMILES string of the molecule is CCCCn1c(=O)[nH]c(=O)c2c1nc(CN[C@@H](C)c1ccc(F)c(F)c1)n2CC. The summed E-state index contributed by atoms with van der Waals surface area (Å²) < 4.78 is 29.9. The normalized spacial score (nSPS) is 12.6. The first kappa shape index (κ1) is 20.9. The molecule has 1 atom stereocenters. The summed E-state index contributed by atoms with van der Waals surface area (Å²) in [5, 5.41) is 3.22. The fourth-order valence-corrected chi connectivity index (χ4v) is 3.36. The van der Waals surface area contributed by atoms with Crippen molar-refractivity contribution < 1.29 is 8.78 Å². The summed E-state index contributed by atoms with van der Waals surface area (Å²) in [5.74, 6) is -1.19. The number of rotatable bonds is 8. The van der Waals surface area contributed by atoms with Crippen LogP contribution in [-0.4, -0.2) is 19.1 Å². The monoisotopic (exact) mass is 405 g/mol. The van der Waals surface area contributed by atoms with Gasteiger partial charge in [0.05, 0.1) is 6.54 Å². The van der Waals surface area contributed by atoms with Crippen molar-refractivity contribution in [2.24, 2.45) is 0 Å². The molecule has 0 bridgehead atoms. The van der Waals surface area contributed by atoms with Gasteiger partial charge in [0.2, 0.25) is 0 Å². The van der Waals surface area contributed by atoms with Crippen LogP contribution >= 0.6 is 0 Å². The van der Waals surface area contributed by atoms with Crippen molar-refractivity contribution in [3.63, 3.8) is 0 Å². The number of halogens is 2. The Bertz CT molecular complexity index is 1130. The summed E-state index contributed by atoms with van der Waals surface area (Å²) in [6.07, 6.45) is 1.70. The second kappa shape index (κ2) is 8.69. The lowest BCUT2D eigenvalue weighted by Crippen LogP contribution is -2.31. The molecule has 2 aromatic heterocycles. The number of imidazole rings is 1. The van der Waals surface area contributed by atoms with E-state index in [1.165, 1.54) is 10.6 Å². The summed E-state index contributed by atoms with van der Waals surface area (Å²) in [4.78, 5) is 31.6. The highest BCUT2D eigenvalue weighted by atomic mass is 19.2. The van der Waals surface area contributed by atoms with Gasteiger partial charge in [-0.2, -0.15) is 0 Å². The summed E-state index contributed by atoms with van der Waals surface area (Å²) >= 11 is 0. The van der Waals surface area contributed by atoms with Gasteiger partial charge in [-0.05, 0) is 38.0 Å². The van der Waals surface area contributed by atoms with E-state index >= 15 is 0 Å². The van der Waals surface area contributed by atoms with Gasteiger partial charge in [-0.3, -0.25) is 14.3 Å². The molecule has 1 aromatic carbocycles. The fourth-order valence-electron chi connectivity index (χ4n) is 3.36. The average Bonchev–Trinajstić information content (AvgIpc) is 3.07. The van der Waals surface area contributed by atoms with E-state index in [4.69, 9.17) is 0 Å². The smallest absolute Gasteiger partial charge is 0.321 e. The van der Waals surface area contributed by atoms with Gasteiger partial charge in [-0.1, -0.05) is 19.4 Å². The quantitative estimate of drug-likeness (QED) is 0.604. The molecule has 0 saturated heterocycles. The molecule has 3 aromatic rings. The van der Waals surface area contributed by atoms with Gasteiger partial charge in [0.25, 0.3) is 5.56 Å². The number of fused-ring (bicyclic) bond motifs is 1. The predicted molar refractivity (Wildman–Crippen MR) is 107 cm³/mol. The maximum atomic E-state index is 13.5. The van der Waals surface area contributed by atoms with Crippen molar-refractivity contribution in [3.05, 3.63) is 62.1 Å². The van der Waals surface area contributed by atoms with Gasteiger partial charge in [0.15, 0.2) is 22.8 Å². The van der Waals surface area contributed by atoms with Crippen LogP contribution in [0.15, 0.2) is 27.8 Å². The van der Waals surface area contributed by atoms with Crippen LogP contribution in [0.3, 0.4) is 0 Å². The molecule has 0 unspecified atom stereocenters. The van der Waals surface area contributed by atoms with Crippen LogP contribution in [0.1, 0.15) is 51.0 Å². The number of unbranched alkanes of at least 4 members (excludes halogenated alkanes) is 1. The molecule has 0 aliphatic rings. The van der Waals surface area contributed by atoms with Crippen molar-refractivity contribution in [3.8, 4) is 0 Å². The van der Waals surface area contributed by atoms with Crippen LogP contribution < -0.4 is 16.6 Å². The molecular weight excluding hydrogens is 380 g/mol. The van der Waals surface area contributed by atoms with Crippen LogP contribution in [-0.2, 0) is 19.6 Å². The molecule has 0 fully saturated rings. The topological polar surface area (TPSA) is 84.7 Å². The molecule has 2 heterocycles. The van der Waals surface area contributed by atoms with E-state index in [-0.39, 0.29) is 6.04 Å². The summed E-state index contributed by atoms with van der Waals surface area (Å²) in [5.41, 5.74) is 0.394. The summed E-state index contributed by atoms with van der Waals surface area (Å²) in [7, 11) is 0. The number of aromatic nitrogens is 4. The minimum atomic E-state index is -0.900. The minimum absolute atomic E-state index is 0.268. The number of aromatic amines is 1. The Hall–Kier alpha value is -2.81. The van der Waals surface area contributed by atoms with Crippen molar-refractivity contribution in [1.82, 2.24) is 24.4 Å². The van der Waals surface area contributed by atoms with Gasteiger partial charge in [0, 0.05) is 19.1 Å². The minimum Gasteiger partial charge on any atom is -0.321 e. The molecule has 29 heavy (non-hydrogen) atoms. The number of nitrogens with one attached hydrogen (secondary N) is 2. The third-order valence-electron chi connectivity index (χ3n) is 5.03. The second-order valence-corrected chi connectivity index (χ2v) is 6.99. The molecule has 7 nitrogen and oxygen atoms in total. The Morgan fingerprint density at radius 1 is 1.17 bits per heavy atom. The maximum Gasteiger partial charge on any atom is 0.330 e. The van der Waals surface area contributed by atoms with E-state index in [2.05, 4.69) is 15.3 Å². The van der Waals surface area contributed by atoms with Crippen LogP contribution in [0.4, 0.5) is 8.78 Å². The highest BCUT2D eigenvalue weighted by Gasteiger charge is 2.18. The van der Waals surface area contributed by atoms with E-state index in [9.17, 15) is 18.4 Å². The zero-order valence-electron chi connectivity index (χ0n) is 16.8. The Labute approximate surface area is 166 Å². The first-order valence-corrected chi connectivity index (χ1v) is 9.77. The number of hydrogen-bond acceptors (Lipinski definition) is 4. The Balaban J connectivity index is 1.94. The molecule has 2 N–H and O–H groups in total. The third kappa shape index (κ3) is 4.14. The zero-order chi connectivity index (χ0) is 21.1. The Kier molecular flexibility index (Phi) is 6.26. The highest BCUT2D eigenvalue weighted by Crippen LogP contribution is 2.18. The van der Waals surface area contributed by atoms with Crippen molar-refractivity contribution in [2.45, 2.75) is 59.3 Å². The number of aryl methyl sites for hydroxylation is 2. The van der Waals surface area contributed by atoms with E-state index in [0.29, 0.717) is 42.2 Å². The molecule has 0 saturated carbocycles. The van der Waals surface area contributed by atoms with Gasteiger partial charge >= 0.3 is 5.69 Å². The van der Waals surface area contributed by atoms with Crippen molar-refractivity contribution in [1.29, 1.82) is 0 Å². The van der Waals surface area contributed by atoms with Crippen molar-refractivity contribution >= 4 is 11.2 Å². The number of hydrogen-bond donors (Lipinski definition) is 2. The Morgan fingerprint density at radius 3 is 2.59 bits per heavy atom. The molecular formula is C20H25F2N5O2. The Morgan fingerprint density at radius 2 is 1.93 bits per heavy atom. The highest BCUT2D eigenvalue weighted by molar-refractivity contribution is 5.71. The average molecular weight is 405 g/mol. The maximum absolute atomic E-state index is 13.5. The lowest BCUT2D eigenvalue weighted by atomic mass is 10.1. The van der Waals surface area contributed by atoms with Gasteiger partial charge in [-0.25, -0.2) is 18.6 Å². The largest absolute Gasteiger partial charge is 0.330 e. The molecule has 0 radical (unpaired) electrons. The standard InChI is InChI=1S/C20H25F2N5O2/c1-4-6-9-27-18-17(19(28)25-20(27)29)26(5-2)16(24-18)11-23-12(3)13-7-8-14(21)15(22)10-13/h7-8,10,12,23H,4-6,9,11H2,1-3H3,(H,25,28,29)/t12-/m0/s1. The number of nitrogens with zero attached hydrogens (tertiary/aromatic N) is 3. The summed E-state index contributed by atoms with van der Waals surface area (Å²) in [6, 6.07) is 3.50. The van der Waals surface area contributed by atoms with E-state index in [0.717, 1.165) is 25.0 Å². The lowest BCUT2D eigenvalue weighted by Gasteiger charge is -2.15. The first-order chi connectivity index (χ1) is 13.9. The second-order valence-electron chi connectivity index (χ2n) is 6.99. The van der Waals surface area contributed by atoms with E-state index < -0.39 is 22.9 Å². The van der Waals surface area contributed by atoms with Gasteiger partial charge in [0.1, 0.15) is 5.82 Å². The zero-order valence-corrected chi connectivity index (χ0v) is 16.8. The molecule has 0 spiro atoms. The van der Waals surface area contributed by atoms with E-state index in [1.807, 2.05) is 20.8 Å². The number of benzene rings is 1. The van der Waals surface area contributed by atoms with Crippen LogP contribution in [0.25, 0.3) is 11.2 Å². The molecule has 0 aliphatic heterocycles. The number of H-pyrrole nitrogens is 1. The lowest BCUT2D eigenvalue weighted by molar-refractivity contribution is 0.498. The molecule has 0 amide bonds.